The third-order valence-corrected chi connectivity index (χ3v) is 5.36. The molecule has 29 heavy (non-hydrogen) atoms. The average molecular weight is 372 g/mol. The number of furan rings is 1. The lowest BCUT2D eigenvalue weighted by Crippen LogP contribution is -1.85. The molecular weight excluding hydrogens is 356 g/mol. The summed E-state index contributed by atoms with van der Waals surface area (Å²) in [6, 6.07) is 28.9. The summed E-state index contributed by atoms with van der Waals surface area (Å²) >= 11 is 0. The number of aromatic nitrogens is 2. The molecule has 136 valence electrons. The molecule has 0 aliphatic carbocycles. The van der Waals surface area contributed by atoms with E-state index in [0.29, 0.717) is 0 Å². The van der Waals surface area contributed by atoms with Gasteiger partial charge in [-0.25, -0.2) is 0 Å². The van der Waals surface area contributed by atoms with E-state index >= 15 is 0 Å². The number of hydrogen-bond donors (Lipinski definition) is 0. The van der Waals surface area contributed by atoms with Crippen LogP contribution in [-0.4, -0.2) is 9.97 Å². The maximum atomic E-state index is 6.25. The Morgan fingerprint density at radius 3 is 2.41 bits per heavy atom. The highest BCUT2D eigenvalue weighted by atomic mass is 16.3. The number of hydrogen-bond acceptors (Lipinski definition) is 3. The molecule has 0 spiro atoms. The number of rotatable bonds is 2. The predicted octanol–water partition coefficient (Wildman–Crippen LogP) is 6.86. The van der Waals surface area contributed by atoms with Gasteiger partial charge >= 0.3 is 0 Å². The van der Waals surface area contributed by atoms with Crippen LogP contribution in [0.3, 0.4) is 0 Å². The fourth-order valence-corrected chi connectivity index (χ4v) is 3.90. The Bertz CT molecular complexity index is 1500. The van der Waals surface area contributed by atoms with Gasteiger partial charge in [-0.3, -0.25) is 9.97 Å². The lowest BCUT2D eigenvalue weighted by Gasteiger charge is -2.05. The van der Waals surface area contributed by atoms with Gasteiger partial charge in [0.15, 0.2) is 5.58 Å². The summed E-state index contributed by atoms with van der Waals surface area (Å²) in [5.74, 6) is 0. The van der Waals surface area contributed by atoms with Gasteiger partial charge in [0.25, 0.3) is 0 Å². The van der Waals surface area contributed by atoms with Crippen molar-refractivity contribution in [2.45, 2.75) is 0 Å². The van der Waals surface area contributed by atoms with Gasteiger partial charge < -0.3 is 4.42 Å². The summed E-state index contributed by atoms with van der Waals surface area (Å²) in [7, 11) is 0. The Morgan fingerprint density at radius 2 is 1.48 bits per heavy atom. The topological polar surface area (TPSA) is 38.9 Å². The Kier molecular flexibility index (Phi) is 3.47. The minimum atomic E-state index is 0.827. The van der Waals surface area contributed by atoms with E-state index in [0.717, 1.165) is 49.7 Å². The van der Waals surface area contributed by atoms with E-state index in [2.05, 4.69) is 58.5 Å². The van der Waals surface area contributed by atoms with Crippen LogP contribution in [0.4, 0.5) is 0 Å². The normalized spacial score (nSPS) is 11.4. The van der Waals surface area contributed by atoms with E-state index in [1.807, 2.05) is 48.8 Å². The van der Waals surface area contributed by atoms with Gasteiger partial charge in [0, 0.05) is 34.1 Å². The molecule has 0 fully saturated rings. The zero-order valence-electron chi connectivity index (χ0n) is 15.5. The molecule has 0 N–H and O–H groups in total. The van der Waals surface area contributed by atoms with E-state index < -0.39 is 0 Å². The van der Waals surface area contributed by atoms with Crippen LogP contribution in [-0.2, 0) is 0 Å². The summed E-state index contributed by atoms with van der Waals surface area (Å²) in [5, 5.41) is 3.18. The van der Waals surface area contributed by atoms with Crippen molar-refractivity contribution in [2.75, 3.05) is 0 Å². The molecule has 6 rings (SSSR count). The lowest BCUT2D eigenvalue weighted by atomic mass is 10.0. The van der Waals surface area contributed by atoms with Crippen molar-refractivity contribution in [3.8, 4) is 22.4 Å². The first-order valence-corrected chi connectivity index (χ1v) is 9.59. The molecule has 3 heteroatoms. The Balaban J connectivity index is 1.53. The molecule has 0 saturated carbocycles. The average Bonchev–Trinajstić information content (AvgIpc) is 3.18. The molecule has 3 aromatic heterocycles. The maximum absolute atomic E-state index is 6.25. The van der Waals surface area contributed by atoms with Gasteiger partial charge in [-0.1, -0.05) is 60.7 Å². The van der Waals surface area contributed by atoms with Crippen LogP contribution in [0, 0.1) is 0 Å². The van der Waals surface area contributed by atoms with Crippen LogP contribution in [0.15, 0.2) is 102 Å². The summed E-state index contributed by atoms with van der Waals surface area (Å²) in [6.45, 7) is 0. The van der Waals surface area contributed by atoms with Crippen molar-refractivity contribution in [3.05, 3.63) is 97.3 Å². The van der Waals surface area contributed by atoms with E-state index in [9.17, 15) is 0 Å². The fourth-order valence-electron chi connectivity index (χ4n) is 3.90. The monoisotopic (exact) mass is 372 g/mol. The second-order valence-corrected chi connectivity index (χ2v) is 7.13. The second kappa shape index (κ2) is 6.28. The summed E-state index contributed by atoms with van der Waals surface area (Å²) in [4.78, 5) is 9.23. The van der Waals surface area contributed by atoms with Crippen LogP contribution < -0.4 is 0 Å². The molecule has 0 bridgehead atoms. The zero-order valence-corrected chi connectivity index (χ0v) is 15.5. The first kappa shape index (κ1) is 16.0. The Hall–Kier alpha value is -3.98. The van der Waals surface area contributed by atoms with Gasteiger partial charge in [0.2, 0.25) is 0 Å². The van der Waals surface area contributed by atoms with Gasteiger partial charge in [-0.05, 0) is 35.4 Å². The largest absolute Gasteiger partial charge is 0.454 e. The molecule has 0 atom stereocenters. The second-order valence-electron chi connectivity index (χ2n) is 7.13. The molecular formula is C26H16N2O. The molecule has 0 aliphatic heterocycles. The Labute approximate surface area is 167 Å². The van der Waals surface area contributed by atoms with Crippen molar-refractivity contribution < 1.29 is 4.42 Å². The van der Waals surface area contributed by atoms with Crippen LogP contribution >= 0.6 is 0 Å². The fraction of sp³-hybridized carbons (Fsp3) is 0. The molecule has 0 saturated heterocycles. The smallest absolute Gasteiger partial charge is 0.161 e. The summed E-state index contributed by atoms with van der Waals surface area (Å²) < 4.78 is 6.25. The van der Waals surface area contributed by atoms with Crippen LogP contribution in [0.25, 0.3) is 55.2 Å². The molecule has 3 aromatic carbocycles. The number of nitrogens with zero attached hydrogens (tertiary/aromatic N) is 2. The highest BCUT2D eigenvalue weighted by Gasteiger charge is 2.13. The highest BCUT2D eigenvalue weighted by molar-refractivity contribution is 6.13. The van der Waals surface area contributed by atoms with Gasteiger partial charge in [0.1, 0.15) is 11.1 Å². The minimum Gasteiger partial charge on any atom is -0.454 e. The molecule has 0 radical (unpaired) electrons. The van der Waals surface area contributed by atoms with Crippen LogP contribution in [0.1, 0.15) is 0 Å². The van der Waals surface area contributed by atoms with Gasteiger partial charge in [-0.2, -0.15) is 0 Å². The lowest BCUT2D eigenvalue weighted by molar-refractivity contribution is 0.672. The van der Waals surface area contributed by atoms with Gasteiger partial charge in [0.05, 0.1) is 5.69 Å². The predicted molar refractivity (Wildman–Crippen MR) is 118 cm³/mol. The third kappa shape index (κ3) is 2.59. The molecule has 0 aliphatic rings. The molecule has 0 amide bonds. The van der Waals surface area contributed by atoms with E-state index in [1.165, 1.54) is 5.56 Å². The number of fused-ring (bicyclic) bond motifs is 5. The third-order valence-electron chi connectivity index (χ3n) is 5.36. The first-order chi connectivity index (χ1) is 14.4. The van der Waals surface area contributed by atoms with E-state index in [1.54, 1.807) is 0 Å². The highest BCUT2D eigenvalue weighted by Crippen LogP contribution is 2.34. The van der Waals surface area contributed by atoms with Gasteiger partial charge in [-0.15, -0.1) is 0 Å². The van der Waals surface area contributed by atoms with Crippen molar-refractivity contribution in [2.24, 2.45) is 0 Å². The standard InChI is InChI=1S/C26H16N2O/c1-2-6-17(7-3-1)18-12-13-27-23(14-18)19-10-11-22-24(15-19)29-26-21-9-5-4-8-20(21)16-28-25(22)26/h1-16H. The Morgan fingerprint density at radius 1 is 0.621 bits per heavy atom. The molecule has 0 unspecified atom stereocenters. The van der Waals surface area contributed by atoms with Crippen LogP contribution in [0.2, 0.25) is 0 Å². The van der Waals surface area contributed by atoms with Crippen molar-refractivity contribution in [3.63, 3.8) is 0 Å². The molecule has 3 heterocycles. The molecule has 3 nitrogen and oxygen atoms in total. The van der Waals surface area contributed by atoms with E-state index in [4.69, 9.17) is 4.42 Å². The number of pyridine rings is 2. The van der Waals surface area contributed by atoms with Crippen molar-refractivity contribution in [1.82, 2.24) is 9.97 Å². The summed E-state index contributed by atoms with van der Waals surface area (Å²) in [6.07, 6.45) is 3.76. The zero-order chi connectivity index (χ0) is 19.2. The summed E-state index contributed by atoms with van der Waals surface area (Å²) in [5.41, 5.74) is 6.83. The van der Waals surface area contributed by atoms with Crippen molar-refractivity contribution in [1.29, 1.82) is 0 Å². The first-order valence-electron chi connectivity index (χ1n) is 9.59. The van der Waals surface area contributed by atoms with Crippen molar-refractivity contribution >= 4 is 32.8 Å². The number of benzene rings is 3. The SMILES string of the molecule is c1ccc(-c2ccnc(-c3ccc4c(c3)oc3c5ccccc5cnc43)c2)cc1. The quantitative estimate of drug-likeness (QED) is 0.333. The molecule has 6 aromatic rings. The van der Waals surface area contributed by atoms with E-state index in [-0.39, 0.29) is 0 Å². The minimum absolute atomic E-state index is 0.827. The van der Waals surface area contributed by atoms with Crippen LogP contribution in [0.5, 0.6) is 0 Å². The maximum Gasteiger partial charge on any atom is 0.161 e.